The number of sulfone groups is 1. The lowest BCUT2D eigenvalue weighted by molar-refractivity contribution is 0.575. The molecule has 1 unspecified atom stereocenters. The van der Waals surface area contributed by atoms with E-state index < -0.39 is 15.1 Å². The zero-order valence-corrected chi connectivity index (χ0v) is 29.8. The molecule has 0 aliphatic rings. The van der Waals surface area contributed by atoms with Crippen LogP contribution in [0.2, 0.25) is 0 Å². The van der Waals surface area contributed by atoms with E-state index in [0.717, 1.165) is 48.6 Å². The van der Waals surface area contributed by atoms with E-state index in [1.165, 1.54) is 82.7 Å². The third-order valence-electron chi connectivity index (χ3n) is 9.11. The van der Waals surface area contributed by atoms with Crippen molar-refractivity contribution >= 4 is 21.2 Å². The van der Waals surface area contributed by atoms with Crippen molar-refractivity contribution in [1.29, 1.82) is 0 Å². The summed E-state index contributed by atoms with van der Waals surface area (Å²) in [5, 5.41) is -0.773. The van der Waals surface area contributed by atoms with Gasteiger partial charge in [-0.2, -0.15) is 0 Å². The molecule has 0 spiro atoms. The van der Waals surface area contributed by atoms with Crippen LogP contribution in [-0.2, 0) is 9.84 Å². The Labute approximate surface area is 276 Å². The molecule has 3 rings (SSSR count). The summed E-state index contributed by atoms with van der Waals surface area (Å²) >= 11 is 0. The highest BCUT2D eigenvalue weighted by molar-refractivity contribution is 7.91. The van der Waals surface area contributed by atoms with Crippen LogP contribution in [0.25, 0.3) is 0 Å². The molecule has 0 aromatic heterocycles. The number of anilines is 2. The molecule has 1 atom stereocenters. The molecule has 0 saturated heterocycles. The topological polar surface area (TPSA) is 40.6 Å². The molecule has 4 nitrogen and oxygen atoms in total. The fourth-order valence-corrected chi connectivity index (χ4v) is 8.08. The molecule has 0 N–H and O–H groups in total. The summed E-state index contributed by atoms with van der Waals surface area (Å²) in [6, 6.07) is 23.8. The average molecular weight is 633 g/mol. The van der Waals surface area contributed by atoms with Crippen LogP contribution < -0.4 is 9.80 Å². The molecule has 0 bridgehead atoms. The second kappa shape index (κ2) is 19.7. The molecule has 248 valence electrons. The first-order valence-corrected chi connectivity index (χ1v) is 19.4. The molecule has 0 saturated carbocycles. The Kier molecular flexibility index (Phi) is 16.0. The zero-order chi connectivity index (χ0) is 32.5. The van der Waals surface area contributed by atoms with Crippen LogP contribution in [0.4, 0.5) is 11.4 Å². The number of aryl methyl sites for hydroxylation is 1. The molecule has 5 heteroatoms. The predicted molar refractivity (Wildman–Crippen MR) is 196 cm³/mol. The molecular formula is C40H60N2O2S. The van der Waals surface area contributed by atoms with Gasteiger partial charge in [-0.3, -0.25) is 0 Å². The monoisotopic (exact) mass is 632 g/mol. The molecule has 0 fully saturated rings. The van der Waals surface area contributed by atoms with E-state index >= 15 is 0 Å². The zero-order valence-electron chi connectivity index (χ0n) is 28.9. The number of benzene rings is 3. The minimum atomic E-state index is -3.68. The van der Waals surface area contributed by atoms with E-state index in [2.05, 4.69) is 73.9 Å². The Morgan fingerprint density at radius 3 is 1.33 bits per heavy atom. The summed E-state index contributed by atoms with van der Waals surface area (Å²) in [4.78, 5) is 5.18. The quantitative estimate of drug-likeness (QED) is 0.103. The maximum Gasteiger partial charge on any atom is 0.189 e. The van der Waals surface area contributed by atoms with E-state index in [0.29, 0.717) is 4.90 Å². The maximum atomic E-state index is 14.3. The van der Waals surface area contributed by atoms with E-state index in [1.807, 2.05) is 31.2 Å². The Balaban J connectivity index is 1.89. The molecule has 0 amide bonds. The Morgan fingerprint density at radius 1 is 0.511 bits per heavy atom. The molecule has 45 heavy (non-hydrogen) atoms. The molecule has 0 aliphatic heterocycles. The van der Waals surface area contributed by atoms with Gasteiger partial charge in [0.15, 0.2) is 9.84 Å². The molecule has 0 radical (unpaired) electrons. The first-order valence-electron chi connectivity index (χ1n) is 17.9. The van der Waals surface area contributed by atoms with Crippen LogP contribution >= 0.6 is 0 Å². The van der Waals surface area contributed by atoms with E-state index in [1.54, 1.807) is 12.1 Å². The summed E-state index contributed by atoms with van der Waals surface area (Å²) in [7, 11) is -3.68. The third-order valence-corrected chi connectivity index (χ3v) is 11.2. The number of hydrogen-bond acceptors (Lipinski definition) is 4. The lowest BCUT2D eigenvalue weighted by Crippen LogP contribution is -2.26. The van der Waals surface area contributed by atoms with Gasteiger partial charge in [0.05, 0.1) is 4.90 Å². The van der Waals surface area contributed by atoms with Crippen molar-refractivity contribution in [2.75, 3.05) is 36.0 Å². The normalized spacial score (nSPS) is 12.3. The highest BCUT2D eigenvalue weighted by atomic mass is 32.2. The van der Waals surface area contributed by atoms with E-state index in [-0.39, 0.29) is 0 Å². The van der Waals surface area contributed by atoms with Crippen LogP contribution in [0, 0.1) is 6.92 Å². The van der Waals surface area contributed by atoms with Gasteiger partial charge in [0.2, 0.25) is 0 Å². The fraction of sp³-hybridized carbons (Fsp3) is 0.550. The van der Waals surface area contributed by atoms with Crippen LogP contribution in [0.3, 0.4) is 0 Å². The van der Waals surface area contributed by atoms with Crippen LogP contribution in [-0.4, -0.2) is 34.6 Å². The Bertz CT molecular complexity index is 1300. The van der Waals surface area contributed by atoms with Gasteiger partial charge < -0.3 is 9.80 Å². The lowest BCUT2D eigenvalue weighted by atomic mass is 10.0. The van der Waals surface area contributed by atoms with Crippen molar-refractivity contribution in [3.05, 3.63) is 89.5 Å². The van der Waals surface area contributed by atoms with Gasteiger partial charge in [-0.25, -0.2) is 8.42 Å². The second-order valence-corrected chi connectivity index (χ2v) is 14.6. The van der Waals surface area contributed by atoms with Gasteiger partial charge in [-0.1, -0.05) is 120 Å². The largest absolute Gasteiger partial charge is 0.372 e. The van der Waals surface area contributed by atoms with Gasteiger partial charge in [0.1, 0.15) is 5.25 Å². The third kappa shape index (κ3) is 11.2. The highest BCUT2D eigenvalue weighted by Crippen LogP contribution is 2.37. The van der Waals surface area contributed by atoms with Crippen molar-refractivity contribution in [2.24, 2.45) is 0 Å². The summed E-state index contributed by atoms with van der Waals surface area (Å²) in [5.41, 5.74) is 4.98. The van der Waals surface area contributed by atoms with Crippen molar-refractivity contribution < 1.29 is 8.42 Å². The fourth-order valence-electron chi connectivity index (χ4n) is 6.26. The average Bonchev–Trinajstić information content (AvgIpc) is 3.05. The Morgan fingerprint density at radius 2 is 0.911 bits per heavy atom. The maximum absolute atomic E-state index is 14.3. The predicted octanol–water partition coefficient (Wildman–Crippen LogP) is 10.9. The Hall–Kier alpha value is -2.79. The SMILES string of the molecule is CCCCCCCCN(CCCCCCCC)c1ccc(C(c2ccc(N(CC)CC)cc2)S(=O)(=O)c2ccc(C)cc2)cc1. The lowest BCUT2D eigenvalue weighted by Gasteiger charge is -2.26. The van der Waals surface area contributed by atoms with Gasteiger partial charge in [0.25, 0.3) is 0 Å². The summed E-state index contributed by atoms with van der Waals surface area (Å²) in [5.74, 6) is 0. The molecule has 0 aliphatic carbocycles. The van der Waals surface area contributed by atoms with Crippen LogP contribution in [0.15, 0.2) is 77.7 Å². The number of nitrogens with zero attached hydrogens (tertiary/aromatic N) is 2. The van der Waals surface area contributed by atoms with Crippen LogP contribution in [0.1, 0.15) is 127 Å². The van der Waals surface area contributed by atoms with Gasteiger partial charge in [0, 0.05) is 37.6 Å². The smallest absolute Gasteiger partial charge is 0.189 e. The minimum Gasteiger partial charge on any atom is -0.372 e. The second-order valence-electron chi connectivity index (χ2n) is 12.6. The van der Waals surface area contributed by atoms with E-state index in [9.17, 15) is 8.42 Å². The van der Waals surface area contributed by atoms with Crippen molar-refractivity contribution in [3.8, 4) is 0 Å². The first-order chi connectivity index (χ1) is 21.8. The van der Waals surface area contributed by atoms with Crippen molar-refractivity contribution in [3.63, 3.8) is 0 Å². The van der Waals surface area contributed by atoms with Gasteiger partial charge in [-0.15, -0.1) is 0 Å². The summed E-state index contributed by atoms with van der Waals surface area (Å²) < 4.78 is 28.5. The highest BCUT2D eigenvalue weighted by Gasteiger charge is 2.31. The number of rotatable bonds is 22. The number of unbranched alkanes of at least 4 members (excludes halogenated alkanes) is 10. The van der Waals surface area contributed by atoms with Crippen LogP contribution in [0.5, 0.6) is 0 Å². The molecular weight excluding hydrogens is 573 g/mol. The summed E-state index contributed by atoms with van der Waals surface area (Å²) in [6.07, 6.45) is 15.4. The molecule has 3 aromatic carbocycles. The van der Waals surface area contributed by atoms with Gasteiger partial charge >= 0.3 is 0 Å². The van der Waals surface area contributed by atoms with Crippen molar-refractivity contribution in [2.45, 2.75) is 122 Å². The summed E-state index contributed by atoms with van der Waals surface area (Å²) in [6.45, 7) is 14.7. The standard InChI is InChI=1S/C40H60N2O2S/c1-6-10-12-14-16-18-32-42(33-19-17-15-13-11-7-2)38-28-24-36(25-29-38)40(45(43,44)39-30-20-34(5)21-31-39)35-22-26-37(27-23-35)41(8-3)9-4/h20-31,40H,6-19,32-33H2,1-5H3. The van der Waals surface area contributed by atoms with Crippen molar-refractivity contribution in [1.82, 2.24) is 0 Å². The minimum absolute atomic E-state index is 0.364. The van der Waals surface area contributed by atoms with E-state index in [4.69, 9.17) is 0 Å². The first kappa shape index (κ1) is 36.7. The molecule has 0 heterocycles. The van der Waals surface area contributed by atoms with Gasteiger partial charge in [-0.05, 0) is 81.1 Å². The number of hydrogen-bond donors (Lipinski definition) is 0. The molecule has 3 aromatic rings.